The molecule has 1 aliphatic rings. The largest absolute Gasteiger partial charge is 0.342 e. The molecule has 0 aromatic heterocycles. The zero-order chi connectivity index (χ0) is 12.8. The summed E-state index contributed by atoms with van der Waals surface area (Å²) < 4.78 is 0. The summed E-state index contributed by atoms with van der Waals surface area (Å²) in [5.74, 6) is 0.270. The molecule has 1 amide bonds. The smallest absolute Gasteiger partial charge is 0.227 e. The molecular weight excluding hydrogens is 224 g/mol. The molecule has 0 radical (unpaired) electrons. The van der Waals surface area contributed by atoms with Gasteiger partial charge in [-0.25, -0.2) is 0 Å². The van der Waals surface area contributed by atoms with Gasteiger partial charge >= 0.3 is 0 Å². The molecule has 1 saturated heterocycles. The van der Waals surface area contributed by atoms with E-state index in [9.17, 15) is 4.79 Å². The standard InChI is InChI=1S/C15H22N2O/c1-13-6-2-3-7-14(13)12-15(18)17-10-4-8-16-9-5-11-17/h2-3,6-7,16H,4-5,8-12H2,1H3. The van der Waals surface area contributed by atoms with Gasteiger partial charge < -0.3 is 10.2 Å². The maximum atomic E-state index is 12.3. The van der Waals surface area contributed by atoms with Crippen molar-refractivity contribution in [3.63, 3.8) is 0 Å². The Kier molecular flexibility index (Phi) is 4.76. The predicted octanol–water partition coefficient (Wildman–Crippen LogP) is 1.75. The van der Waals surface area contributed by atoms with E-state index in [1.54, 1.807) is 0 Å². The van der Waals surface area contributed by atoms with Crippen LogP contribution in [0.5, 0.6) is 0 Å². The second-order valence-corrected chi connectivity index (χ2v) is 4.94. The Morgan fingerprint density at radius 3 is 2.56 bits per heavy atom. The fraction of sp³-hybridized carbons (Fsp3) is 0.533. The van der Waals surface area contributed by atoms with Crippen molar-refractivity contribution in [1.82, 2.24) is 10.2 Å². The number of hydrogen-bond donors (Lipinski definition) is 1. The second-order valence-electron chi connectivity index (χ2n) is 4.94. The van der Waals surface area contributed by atoms with Crippen LogP contribution in [0, 0.1) is 6.92 Å². The Balaban J connectivity index is 1.96. The highest BCUT2D eigenvalue weighted by Gasteiger charge is 2.15. The summed E-state index contributed by atoms with van der Waals surface area (Å²) >= 11 is 0. The van der Waals surface area contributed by atoms with Crippen molar-refractivity contribution in [2.75, 3.05) is 26.2 Å². The van der Waals surface area contributed by atoms with Crippen LogP contribution in [0.3, 0.4) is 0 Å². The van der Waals surface area contributed by atoms with Crippen molar-refractivity contribution in [3.05, 3.63) is 35.4 Å². The molecule has 1 N–H and O–H groups in total. The van der Waals surface area contributed by atoms with Crippen LogP contribution in [0.2, 0.25) is 0 Å². The first-order chi connectivity index (χ1) is 8.77. The number of rotatable bonds is 2. The maximum absolute atomic E-state index is 12.3. The van der Waals surface area contributed by atoms with E-state index in [1.807, 2.05) is 17.0 Å². The Morgan fingerprint density at radius 1 is 1.22 bits per heavy atom. The first-order valence-electron chi connectivity index (χ1n) is 6.80. The quantitative estimate of drug-likeness (QED) is 0.862. The van der Waals surface area contributed by atoms with Gasteiger partial charge in [-0.2, -0.15) is 0 Å². The van der Waals surface area contributed by atoms with E-state index < -0.39 is 0 Å². The zero-order valence-electron chi connectivity index (χ0n) is 11.1. The molecule has 18 heavy (non-hydrogen) atoms. The van der Waals surface area contributed by atoms with Crippen molar-refractivity contribution in [3.8, 4) is 0 Å². The van der Waals surface area contributed by atoms with Crippen molar-refractivity contribution in [1.29, 1.82) is 0 Å². The van der Waals surface area contributed by atoms with Crippen molar-refractivity contribution >= 4 is 5.91 Å². The number of nitrogens with one attached hydrogen (secondary N) is 1. The molecule has 1 aliphatic heterocycles. The van der Waals surface area contributed by atoms with Gasteiger partial charge in [-0.1, -0.05) is 24.3 Å². The van der Waals surface area contributed by atoms with Gasteiger partial charge in [-0.15, -0.1) is 0 Å². The van der Waals surface area contributed by atoms with Gasteiger partial charge in [0.05, 0.1) is 6.42 Å². The molecule has 0 bridgehead atoms. The third-order valence-corrected chi connectivity index (χ3v) is 3.52. The van der Waals surface area contributed by atoms with Gasteiger partial charge in [0.25, 0.3) is 0 Å². The van der Waals surface area contributed by atoms with E-state index in [1.165, 1.54) is 5.56 Å². The number of carbonyl (C=O) groups is 1. The van der Waals surface area contributed by atoms with Crippen LogP contribution in [0.1, 0.15) is 24.0 Å². The van der Waals surface area contributed by atoms with Gasteiger partial charge in [0, 0.05) is 13.1 Å². The SMILES string of the molecule is Cc1ccccc1CC(=O)N1CCCNCCC1. The normalized spacial score (nSPS) is 17.1. The third kappa shape index (κ3) is 3.57. The van der Waals surface area contributed by atoms with Crippen LogP contribution in [-0.2, 0) is 11.2 Å². The average Bonchev–Trinajstić information content (AvgIpc) is 2.31. The highest BCUT2D eigenvalue weighted by Crippen LogP contribution is 2.10. The number of hydrogen-bond acceptors (Lipinski definition) is 2. The number of benzene rings is 1. The highest BCUT2D eigenvalue weighted by atomic mass is 16.2. The maximum Gasteiger partial charge on any atom is 0.227 e. The summed E-state index contributed by atoms with van der Waals surface area (Å²) in [7, 11) is 0. The minimum atomic E-state index is 0.270. The Labute approximate surface area is 109 Å². The molecule has 0 saturated carbocycles. The summed E-state index contributed by atoms with van der Waals surface area (Å²) in [6, 6.07) is 8.15. The van der Waals surface area contributed by atoms with Crippen LogP contribution in [0.15, 0.2) is 24.3 Å². The van der Waals surface area contributed by atoms with E-state index in [0.717, 1.165) is 44.6 Å². The number of aryl methyl sites for hydroxylation is 1. The van der Waals surface area contributed by atoms with Gasteiger partial charge in [-0.05, 0) is 44.0 Å². The first kappa shape index (κ1) is 13.1. The molecule has 1 heterocycles. The number of amides is 1. The van der Waals surface area contributed by atoms with Gasteiger partial charge in [-0.3, -0.25) is 4.79 Å². The van der Waals surface area contributed by atoms with E-state index in [0.29, 0.717) is 6.42 Å². The lowest BCUT2D eigenvalue weighted by molar-refractivity contribution is -0.130. The summed E-state index contributed by atoms with van der Waals surface area (Å²) in [5, 5.41) is 3.37. The van der Waals surface area contributed by atoms with Crippen LogP contribution in [-0.4, -0.2) is 37.0 Å². The van der Waals surface area contributed by atoms with Crippen LogP contribution in [0.4, 0.5) is 0 Å². The molecule has 2 rings (SSSR count). The third-order valence-electron chi connectivity index (χ3n) is 3.52. The fourth-order valence-electron chi connectivity index (χ4n) is 2.36. The summed E-state index contributed by atoms with van der Waals surface area (Å²) in [4.78, 5) is 14.3. The van der Waals surface area contributed by atoms with Crippen molar-refractivity contribution in [2.45, 2.75) is 26.2 Å². The topological polar surface area (TPSA) is 32.3 Å². The molecule has 1 aromatic carbocycles. The second kappa shape index (κ2) is 6.55. The number of nitrogens with zero attached hydrogens (tertiary/aromatic N) is 1. The molecule has 98 valence electrons. The summed E-state index contributed by atoms with van der Waals surface area (Å²) in [5.41, 5.74) is 2.36. The fourth-order valence-corrected chi connectivity index (χ4v) is 2.36. The number of carbonyl (C=O) groups excluding carboxylic acids is 1. The average molecular weight is 246 g/mol. The van der Waals surface area contributed by atoms with Crippen molar-refractivity contribution < 1.29 is 4.79 Å². The lowest BCUT2D eigenvalue weighted by Gasteiger charge is -2.25. The highest BCUT2D eigenvalue weighted by molar-refractivity contribution is 5.79. The zero-order valence-corrected chi connectivity index (χ0v) is 11.1. The lowest BCUT2D eigenvalue weighted by Crippen LogP contribution is -2.38. The van der Waals surface area contributed by atoms with Gasteiger partial charge in [0.2, 0.25) is 5.91 Å². The van der Waals surface area contributed by atoms with Gasteiger partial charge in [0.15, 0.2) is 0 Å². The molecule has 1 fully saturated rings. The van der Waals surface area contributed by atoms with Crippen molar-refractivity contribution in [2.24, 2.45) is 0 Å². The van der Waals surface area contributed by atoms with Gasteiger partial charge in [0.1, 0.15) is 0 Å². The molecule has 0 unspecified atom stereocenters. The molecule has 3 heteroatoms. The molecule has 3 nitrogen and oxygen atoms in total. The molecule has 0 atom stereocenters. The molecule has 1 aromatic rings. The van der Waals surface area contributed by atoms with Crippen LogP contribution >= 0.6 is 0 Å². The lowest BCUT2D eigenvalue weighted by atomic mass is 10.1. The Morgan fingerprint density at radius 2 is 1.89 bits per heavy atom. The first-order valence-corrected chi connectivity index (χ1v) is 6.80. The van der Waals surface area contributed by atoms with E-state index in [2.05, 4.69) is 24.4 Å². The minimum Gasteiger partial charge on any atom is -0.342 e. The van der Waals surface area contributed by atoms with Crippen LogP contribution in [0.25, 0.3) is 0 Å². The summed E-state index contributed by atoms with van der Waals surface area (Å²) in [6.07, 6.45) is 2.65. The Hall–Kier alpha value is -1.35. The molecule has 0 spiro atoms. The predicted molar refractivity (Wildman–Crippen MR) is 73.6 cm³/mol. The van der Waals surface area contributed by atoms with E-state index in [-0.39, 0.29) is 5.91 Å². The molecule has 0 aliphatic carbocycles. The van der Waals surface area contributed by atoms with E-state index >= 15 is 0 Å². The monoisotopic (exact) mass is 246 g/mol. The molecular formula is C15H22N2O. The van der Waals surface area contributed by atoms with Crippen LogP contribution < -0.4 is 5.32 Å². The van der Waals surface area contributed by atoms with E-state index in [4.69, 9.17) is 0 Å². The Bertz CT molecular complexity index is 395. The minimum absolute atomic E-state index is 0.270. The summed E-state index contributed by atoms with van der Waals surface area (Å²) in [6.45, 7) is 5.89.